The maximum Gasteiger partial charge on any atom is 0.319 e. The number of hydrogen-bond donors (Lipinski definition) is 1. The number of nitrogens with one attached hydrogen (secondary N) is 1. The zero-order valence-electron chi connectivity index (χ0n) is 10.3. The molecule has 1 aromatic carbocycles. The van der Waals surface area contributed by atoms with Gasteiger partial charge in [0.05, 0.1) is 26.3 Å². The highest BCUT2D eigenvalue weighted by atomic mass is 32.1. The summed E-state index contributed by atoms with van der Waals surface area (Å²) in [5.74, 6) is 0. The van der Waals surface area contributed by atoms with Crippen molar-refractivity contribution >= 4 is 44.3 Å². The van der Waals surface area contributed by atoms with Crippen LogP contribution >= 0.6 is 22.7 Å². The molecule has 0 saturated carbocycles. The van der Waals surface area contributed by atoms with Crippen LogP contribution in [-0.4, -0.2) is 21.4 Å². The Morgan fingerprint density at radius 2 is 2.20 bits per heavy atom. The molecule has 2 aromatic heterocycles. The monoisotopic (exact) mass is 306 g/mol. The average Bonchev–Trinajstić information content (AvgIpc) is 3.07. The van der Waals surface area contributed by atoms with Crippen LogP contribution in [0.5, 0.6) is 0 Å². The zero-order valence-corrected chi connectivity index (χ0v) is 11.9. The van der Waals surface area contributed by atoms with Gasteiger partial charge in [-0.1, -0.05) is 0 Å². The van der Waals surface area contributed by atoms with E-state index in [0.717, 1.165) is 16.8 Å². The number of nitro groups is 1. The maximum atomic E-state index is 11.2. The molecule has 3 aromatic rings. The van der Waals surface area contributed by atoms with E-state index in [4.69, 9.17) is 0 Å². The highest BCUT2D eigenvalue weighted by Crippen LogP contribution is 2.34. The minimum absolute atomic E-state index is 0.0435. The number of fused-ring (bicyclic) bond motifs is 1. The van der Waals surface area contributed by atoms with Crippen molar-refractivity contribution < 1.29 is 4.92 Å². The van der Waals surface area contributed by atoms with Gasteiger partial charge >= 0.3 is 5.69 Å². The van der Waals surface area contributed by atoms with Gasteiger partial charge in [0.15, 0.2) is 5.52 Å². The van der Waals surface area contributed by atoms with Crippen LogP contribution in [0.2, 0.25) is 0 Å². The summed E-state index contributed by atoms with van der Waals surface area (Å²) >= 11 is 2.94. The molecule has 0 amide bonds. The molecule has 6 nitrogen and oxygen atoms in total. The van der Waals surface area contributed by atoms with Gasteiger partial charge in [0.2, 0.25) is 0 Å². The first kappa shape index (κ1) is 12.9. The lowest BCUT2D eigenvalue weighted by Crippen LogP contribution is -2.07. The number of nitro benzene ring substituents is 1. The predicted molar refractivity (Wildman–Crippen MR) is 80.6 cm³/mol. The van der Waals surface area contributed by atoms with E-state index in [0.29, 0.717) is 17.7 Å². The highest BCUT2D eigenvalue weighted by molar-refractivity contribution is 7.16. The van der Waals surface area contributed by atoms with Gasteiger partial charge in [0.1, 0.15) is 5.69 Å². The first-order valence-electron chi connectivity index (χ1n) is 5.87. The Labute approximate surface area is 122 Å². The van der Waals surface area contributed by atoms with E-state index >= 15 is 0 Å². The van der Waals surface area contributed by atoms with E-state index < -0.39 is 0 Å². The molecule has 0 saturated heterocycles. The summed E-state index contributed by atoms with van der Waals surface area (Å²) in [5.41, 5.74) is 5.37. The van der Waals surface area contributed by atoms with Crippen molar-refractivity contribution in [3.8, 4) is 0 Å². The maximum absolute atomic E-state index is 11.2. The molecule has 0 fully saturated rings. The van der Waals surface area contributed by atoms with Crippen molar-refractivity contribution in [3.05, 3.63) is 44.3 Å². The van der Waals surface area contributed by atoms with Crippen LogP contribution in [0.15, 0.2) is 28.5 Å². The number of hydrogen-bond acceptors (Lipinski definition) is 7. The van der Waals surface area contributed by atoms with E-state index in [1.165, 1.54) is 11.3 Å². The Morgan fingerprint density at radius 1 is 1.30 bits per heavy atom. The second-order valence-corrected chi connectivity index (χ2v) is 5.68. The SMILES string of the molecule is O=[N+]([O-])c1c(NCCc2cscn2)ccc2scnc12. The van der Waals surface area contributed by atoms with Crippen molar-refractivity contribution in [2.24, 2.45) is 0 Å². The molecule has 0 aliphatic carbocycles. The van der Waals surface area contributed by atoms with E-state index in [-0.39, 0.29) is 10.6 Å². The molecular weight excluding hydrogens is 296 g/mol. The molecule has 8 heteroatoms. The fourth-order valence-electron chi connectivity index (χ4n) is 1.93. The fraction of sp³-hybridized carbons (Fsp3) is 0.167. The molecule has 0 atom stereocenters. The van der Waals surface area contributed by atoms with Crippen molar-refractivity contribution in [2.75, 3.05) is 11.9 Å². The minimum atomic E-state index is -0.382. The zero-order chi connectivity index (χ0) is 13.9. The lowest BCUT2D eigenvalue weighted by atomic mass is 10.2. The lowest BCUT2D eigenvalue weighted by Gasteiger charge is -2.06. The molecule has 0 unspecified atom stereocenters. The van der Waals surface area contributed by atoms with Crippen LogP contribution in [0.1, 0.15) is 5.69 Å². The van der Waals surface area contributed by atoms with Crippen molar-refractivity contribution in [1.82, 2.24) is 9.97 Å². The van der Waals surface area contributed by atoms with Gasteiger partial charge in [0, 0.05) is 18.3 Å². The molecule has 0 spiro atoms. The average molecular weight is 306 g/mol. The number of nitrogens with zero attached hydrogens (tertiary/aromatic N) is 3. The van der Waals surface area contributed by atoms with Gasteiger partial charge in [-0.3, -0.25) is 10.1 Å². The van der Waals surface area contributed by atoms with Crippen molar-refractivity contribution in [2.45, 2.75) is 6.42 Å². The third kappa shape index (κ3) is 2.47. The molecule has 0 aliphatic heterocycles. The number of benzene rings is 1. The van der Waals surface area contributed by atoms with Gasteiger partial charge < -0.3 is 5.32 Å². The Morgan fingerprint density at radius 3 is 2.95 bits per heavy atom. The fourth-order valence-corrected chi connectivity index (χ4v) is 3.20. The quantitative estimate of drug-likeness (QED) is 0.577. The standard InChI is InChI=1S/C12H10N4O2S2/c17-16(18)12-9(1-2-10-11(12)15-7-20-10)13-4-3-8-5-19-6-14-8/h1-2,5-7,13H,3-4H2. The second-order valence-electron chi connectivity index (χ2n) is 4.07. The summed E-state index contributed by atoms with van der Waals surface area (Å²) in [6.45, 7) is 0.597. The van der Waals surface area contributed by atoms with Crippen molar-refractivity contribution in [1.29, 1.82) is 0 Å². The van der Waals surface area contributed by atoms with Crippen LogP contribution in [0.25, 0.3) is 10.2 Å². The summed E-state index contributed by atoms with van der Waals surface area (Å²) in [5, 5.41) is 16.3. The first-order chi connectivity index (χ1) is 9.75. The molecule has 3 rings (SSSR count). The third-order valence-corrected chi connectivity index (χ3v) is 4.27. The Kier molecular flexibility index (Phi) is 3.57. The van der Waals surface area contributed by atoms with Gasteiger partial charge in [0.25, 0.3) is 0 Å². The third-order valence-electron chi connectivity index (χ3n) is 2.84. The second kappa shape index (κ2) is 5.51. The molecule has 0 radical (unpaired) electrons. The predicted octanol–water partition coefficient (Wildman–Crippen LogP) is 3.32. The van der Waals surface area contributed by atoms with Gasteiger partial charge in [-0.05, 0) is 12.1 Å². The molecule has 1 N–H and O–H groups in total. The van der Waals surface area contributed by atoms with Crippen LogP contribution in [-0.2, 0) is 6.42 Å². The Hall–Kier alpha value is -2.06. The van der Waals surface area contributed by atoms with Gasteiger partial charge in [-0.15, -0.1) is 22.7 Å². The van der Waals surface area contributed by atoms with E-state index in [2.05, 4.69) is 15.3 Å². The first-order valence-corrected chi connectivity index (χ1v) is 7.69. The highest BCUT2D eigenvalue weighted by Gasteiger charge is 2.20. The smallest absolute Gasteiger partial charge is 0.319 e. The summed E-state index contributed by atoms with van der Waals surface area (Å²) in [7, 11) is 0. The summed E-state index contributed by atoms with van der Waals surface area (Å²) in [4.78, 5) is 19.1. The minimum Gasteiger partial charge on any atom is -0.379 e. The van der Waals surface area contributed by atoms with Crippen molar-refractivity contribution in [3.63, 3.8) is 0 Å². The summed E-state index contributed by atoms with van der Waals surface area (Å²) < 4.78 is 0.821. The van der Waals surface area contributed by atoms with Crippen LogP contribution in [0.4, 0.5) is 11.4 Å². The topological polar surface area (TPSA) is 81.0 Å². The lowest BCUT2D eigenvalue weighted by molar-refractivity contribution is -0.382. The Balaban J connectivity index is 1.83. The van der Waals surface area contributed by atoms with Crippen LogP contribution in [0, 0.1) is 10.1 Å². The molecule has 0 aliphatic rings. The molecule has 102 valence electrons. The number of aromatic nitrogens is 2. The van der Waals surface area contributed by atoms with Gasteiger partial charge in [-0.25, -0.2) is 9.97 Å². The van der Waals surface area contributed by atoms with E-state index in [9.17, 15) is 10.1 Å². The number of anilines is 1. The summed E-state index contributed by atoms with van der Waals surface area (Å²) in [6, 6.07) is 3.59. The van der Waals surface area contributed by atoms with E-state index in [1.807, 2.05) is 11.4 Å². The molecule has 2 heterocycles. The molecule has 20 heavy (non-hydrogen) atoms. The number of thiazole rings is 2. The normalized spacial score (nSPS) is 10.8. The van der Waals surface area contributed by atoms with E-state index in [1.54, 1.807) is 28.4 Å². The summed E-state index contributed by atoms with van der Waals surface area (Å²) in [6.07, 6.45) is 0.732. The largest absolute Gasteiger partial charge is 0.379 e. The number of rotatable bonds is 5. The Bertz CT molecular complexity index is 739. The van der Waals surface area contributed by atoms with Gasteiger partial charge in [-0.2, -0.15) is 0 Å². The van der Waals surface area contributed by atoms with Crippen LogP contribution in [0.3, 0.4) is 0 Å². The molecule has 0 bridgehead atoms. The van der Waals surface area contributed by atoms with Crippen LogP contribution < -0.4 is 5.32 Å². The molecular formula is C12H10N4O2S2.